The van der Waals surface area contributed by atoms with Gasteiger partial charge in [-0.15, -0.1) is 0 Å². The van der Waals surface area contributed by atoms with E-state index in [1.807, 2.05) is 0 Å². The predicted molar refractivity (Wildman–Crippen MR) is 134 cm³/mol. The second-order valence-electron chi connectivity index (χ2n) is 7.33. The van der Waals surface area contributed by atoms with Crippen molar-refractivity contribution in [1.82, 2.24) is 20.3 Å². The zero-order valence-electron chi connectivity index (χ0n) is 19.2. The van der Waals surface area contributed by atoms with Crippen molar-refractivity contribution >= 4 is 61.9 Å². The fraction of sp³-hybridized carbons (Fsp3) is 0.174. The molecule has 3 amide bonds. The molecule has 36 heavy (non-hydrogen) atoms. The molecule has 11 nitrogen and oxygen atoms in total. The quantitative estimate of drug-likeness (QED) is 0.225. The van der Waals surface area contributed by atoms with E-state index in [4.69, 9.17) is 9.94 Å². The molecule has 0 aliphatic carbocycles. The molecule has 0 fully saturated rings. The molecule has 3 aromatic rings. The van der Waals surface area contributed by atoms with Crippen LogP contribution in [-0.2, 0) is 9.59 Å². The Labute approximate surface area is 213 Å². The predicted octanol–water partition coefficient (Wildman–Crippen LogP) is 4.20. The molecule has 0 aliphatic rings. The summed E-state index contributed by atoms with van der Waals surface area (Å²) < 4.78 is 15.0. The van der Waals surface area contributed by atoms with E-state index in [1.54, 1.807) is 13.0 Å². The van der Waals surface area contributed by atoms with Crippen molar-refractivity contribution in [3.8, 4) is 5.75 Å². The number of rotatable bonds is 9. The van der Waals surface area contributed by atoms with Crippen LogP contribution in [0.5, 0.6) is 5.75 Å². The first-order chi connectivity index (χ1) is 17.1. The molecule has 1 atom stereocenters. The lowest BCUT2D eigenvalue weighted by Gasteiger charge is -2.25. The van der Waals surface area contributed by atoms with Crippen LogP contribution in [0.3, 0.4) is 0 Å². The maximum Gasteiger partial charge on any atom is 0.405 e. The summed E-state index contributed by atoms with van der Waals surface area (Å²) in [7, 11) is 0. The number of hydrogen-bond donors (Lipinski definition) is 4. The van der Waals surface area contributed by atoms with E-state index in [0.29, 0.717) is 15.4 Å². The molecule has 1 unspecified atom stereocenters. The first-order valence-electron chi connectivity index (χ1n) is 10.6. The summed E-state index contributed by atoms with van der Waals surface area (Å²) in [5.41, 5.74) is 0.668. The van der Waals surface area contributed by atoms with Crippen LogP contribution >= 0.6 is 15.9 Å². The fourth-order valence-corrected chi connectivity index (χ4v) is 3.44. The summed E-state index contributed by atoms with van der Waals surface area (Å²) in [4.78, 5) is 49.9. The van der Waals surface area contributed by atoms with Gasteiger partial charge < -0.3 is 25.9 Å². The van der Waals surface area contributed by atoms with E-state index in [2.05, 4.69) is 48.4 Å². The molecule has 0 bridgehead atoms. The van der Waals surface area contributed by atoms with Gasteiger partial charge in [-0.3, -0.25) is 9.59 Å². The van der Waals surface area contributed by atoms with E-state index in [9.17, 15) is 18.8 Å². The Bertz CT molecular complexity index is 1340. The normalized spacial score (nSPS) is 11.3. The number of benzene rings is 2. The van der Waals surface area contributed by atoms with Gasteiger partial charge in [-0.25, -0.2) is 19.2 Å². The Kier molecular flexibility index (Phi) is 8.38. The van der Waals surface area contributed by atoms with Crippen molar-refractivity contribution in [3.05, 3.63) is 59.6 Å². The highest BCUT2D eigenvalue weighted by Crippen LogP contribution is 2.34. The standard InChI is InChI=1S/C23H22BrFN6O5/c1-4-20(32)29-18-9-14-17(10-19(18)36-31(5-2)22(33)12(3)28-23(34)35)26-11-27-21(14)30-16-7-6-13(24)8-15(16)25/h4,6-12,28H,1,5H2,2-3H3,(H,29,32)(H,34,35)(H,26,27,30). The summed E-state index contributed by atoms with van der Waals surface area (Å²) in [6.45, 7) is 6.50. The average Bonchev–Trinajstić information content (AvgIpc) is 2.83. The van der Waals surface area contributed by atoms with Gasteiger partial charge in [-0.05, 0) is 44.2 Å². The largest absolute Gasteiger partial charge is 0.465 e. The number of hydroxylamine groups is 2. The number of fused-ring (bicyclic) bond motifs is 1. The second-order valence-corrected chi connectivity index (χ2v) is 8.24. The molecule has 0 saturated heterocycles. The molecule has 188 valence electrons. The maximum absolute atomic E-state index is 14.4. The van der Waals surface area contributed by atoms with Crippen LogP contribution in [-0.4, -0.2) is 50.6 Å². The zero-order chi connectivity index (χ0) is 26.4. The third-order valence-electron chi connectivity index (χ3n) is 4.82. The molecule has 0 spiro atoms. The minimum absolute atomic E-state index is 0.0508. The van der Waals surface area contributed by atoms with Crippen LogP contribution in [0.25, 0.3) is 10.9 Å². The lowest BCUT2D eigenvalue weighted by Crippen LogP contribution is -2.47. The molecule has 0 saturated carbocycles. The fourth-order valence-electron chi connectivity index (χ4n) is 3.11. The zero-order valence-corrected chi connectivity index (χ0v) is 20.8. The molecule has 1 aromatic heterocycles. The number of anilines is 3. The van der Waals surface area contributed by atoms with Gasteiger partial charge in [0.1, 0.15) is 24.0 Å². The summed E-state index contributed by atoms with van der Waals surface area (Å²) in [5, 5.41) is 17.8. The minimum Gasteiger partial charge on any atom is -0.465 e. The van der Waals surface area contributed by atoms with E-state index < -0.39 is 29.8 Å². The topological polar surface area (TPSA) is 146 Å². The summed E-state index contributed by atoms with van der Waals surface area (Å²) in [6.07, 6.45) is 0.942. The molecule has 13 heteroatoms. The van der Waals surface area contributed by atoms with E-state index in [0.717, 1.165) is 11.1 Å². The highest BCUT2D eigenvalue weighted by Gasteiger charge is 2.24. The van der Waals surface area contributed by atoms with Gasteiger partial charge >= 0.3 is 6.09 Å². The molecule has 2 aromatic carbocycles. The van der Waals surface area contributed by atoms with E-state index in [-0.39, 0.29) is 29.5 Å². The maximum atomic E-state index is 14.4. The third kappa shape index (κ3) is 6.24. The molecule has 4 N–H and O–H groups in total. The number of halogens is 2. The molecular formula is C23H22BrFN6O5. The third-order valence-corrected chi connectivity index (χ3v) is 5.31. The smallest absolute Gasteiger partial charge is 0.405 e. The molecular weight excluding hydrogens is 539 g/mol. The number of hydrogen-bond acceptors (Lipinski definition) is 7. The Morgan fingerprint density at radius 2 is 2.00 bits per heavy atom. The van der Waals surface area contributed by atoms with Gasteiger partial charge in [0.25, 0.3) is 5.91 Å². The van der Waals surface area contributed by atoms with Crippen molar-refractivity contribution in [2.24, 2.45) is 0 Å². The van der Waals surface area contributed by atoms with Crippen molar-refractivity contribution in [1.29, 1.82) is 0 Å². The van der Waals surface area contributed by atoms with Crippen molar-refractivity contribution in [3.63, 3.8) is 0 Å². The molecule has 0 aliphatic heterocycles. The first-order valence-corrected chi connectivity index (χ1v) is 11.3. The average molecular weight is 561 g/mol. The number of carbonyl (C=O) groups excluding carboxylic acids is 2. The Hall–Kier alpha value is -4.26. The number of nitrogens with one attached hydrogen (secondary N) is 3. The lowest BCUT2D eigenvalue weighted by molar-refractivity contribution is -0.158. The van der Waals surface area contributed by atoms with Crippen LogP contribution < -0.4 is 20.8 Å². The highest BCUT2D eigenvalue weighted by molar-refractivity contribution is 9.10. The lowest BCUT2D eigenvalue weighted by atomic mass is 10.1. The first kappa shape index (κ1) is 26.3. The number of nitrogens with zero attached hydrogens (tertiary/aromatic N) is 3. The Morgan fingerprint density at radius 1 is 1.25 bits per heavy atom. The number of aromatic nitrogens is 2. The number of amides is 3. The van der Waals surface area contributed by atoms with Crippen LogP contribution in [0.2, 0.25) is 0 Å². The minimum atomic E-state index is -1.37. The van der Waals surface area contributed by atoms with Gasteiger partial charge in [0.2, 0.25) is 5.91 Å². The van der Waals surface area contributed by atoms with Crippen LogP contribution in [0.4, 0.5) is 26.4 Å². The molecule has 1 heterocycles. The number of likely N-dealkylation sites (N-methyl/N-ethyl adjacent to an activating group) is 1. The monoisotopic (exact) mass is 560 g/mol. The van der Waals surface area contributed by atoms with Crippen molar-refractivity contribution in [2.75, 3.05) is 17.2 Å². The summed E-state index contributed by atoms with van der Waals surface area (Å²) in [5.74, 6) is -1.42. The Morgan fingerprint density at radius 3 is 2.64 bits per heavy atom. The van der Waals surface area contributed by atoms with Gasteiger partial charge in [0.05, 0.1) is 23.4 Å². The summed E-state index contributed by atoms with van der Waals surface area (Å²) >= 11 is 3.21. The van der Waals surface area contributed by atoms with E-state index in [1.165, 1.54) is 37.5 Å². The van der Waals surface area contributed by atoms with Gasteiger partial charge in [0.15, 0.2) is 5.75 Å². The van der Waals surface area contributed by atoms with Gasteiger partial charge in [-0.1, -0.05) is 22.5 Å². The highest BCUT2D eigenvalue weighted by atomic mass is 79.9. The van der Waals surface area contributed by atoms with Crippen LogP contribution in [0.1, 0.15) is 13.8 Å². The number of carboxylic acid groups (broad SMARTS) is 1. The van der Waals surface area contributed by atoms with Gasteiger partial charge in [0, 0.05) is 15.9 Å². The second kappa shape index (κ2) is 11.4. The number of carbonyl (C=O) groups is 3. The summed E-state index contributed by atoms with van der Waals surface area (Å²) in [6, 6.07) is 6.36. The van der Waals surface area contributed by atoms with Crippen LogP contribution in [0.15, 0.2) is 53.8 Å². The van der Waals surface area contributed by atoms with E-state index >= 15 is 0 Å². The van der Waals surface area contributed by atoms with Gasteiger partial charge in [-0.2, -0.15) is 5.06 Å². The molecule has 3 rings (SSSR count). The van der Waals surface area contributed by atoms with Crippen molar-refractivity contribution < 1.29 is 28.7 Å². The molecule has 0 radical (unpaired) electrons. The van der Waals surface area contributed by atoms with Crippen LogP contribution in [0, 0.1) is 5.82 Å². The Balaban J connectivity index is 2.04. The SMILES string of the molecule is C=CC(=O)Nc1cc2c(Nc3ccc(Br)cc3F)ncnc2cc1ON(CC)C(=O)C(C)NC(=O)O. The van der Waals surface area contributed by atoms with Crippen molar-refractivity contribution in [2.45, 2.75) is 19.9 Å².